The molecule has 0 aliphatic heterocycles. The lowest BCUT2D eigenvalue weighted by molar-refractivity contribution is -0.137. The SMILES string of the molecule is FC(F)(F)c1ccc(/N=[C]/c2cc[nH]n2)cc1. The van der Waals surface area contributed by atoms with Crippen molar-refractivity contribution in [1.29, 1.82) is 0 Å². The van der Waals surface area contributed by atoms with Crippen LogP contribution in [0, 0.1) is 0 Å². The molecule has 1 heterocycles. The number of rotatable bonds is 2. The Hall–Kier alpha value is -2.11. The summed E-state index contributed by atoms with van der Waals surface area (Å²) in [5.74, 6) is 0. The van der Waals surface area contributed by atoms with Gasteiger partial charge in [-0.1, -0.05) is 0 Å². The van der Waals surface area contributed by atoms with Crippen LogP contribution in [-0.4, -0.2) is 16.4 Å². The van der Waals surface area contributed by atoms with Crippen LogP contribution in [0.2, 0.25) is 0 Å². The highest BCUT2D eigenvalue weighted by Gasteiger charge is 2.29. The number of hydrogen-bond acceptors (Lipinski definition) is 2. The summed E-state index contributed by atoms with van der Waals surface area (Å²) in [4.78, 5) is 3.87. The number of nitrogens with one attached hydrogen (secondary N) is 1. The lowest BCUT2D eigenvalue weighted by Gasteiger charge is -2.05. The molecule has 0 fully saturated rings. The molecular weight excluding hydrogens is 231 g/mol. The molecule has 0 aliphatic rings. The van der Waals surface area contributed by atoms with Crippen LogP contribution in [-0.2, 0) is 6.18 Å². The van der Waals surface area contributed by atoms with E-state index in [2.05, 4.69) is 21.4 Å². The molecule has 0 spiro atoms. The maximum Gasteiger partial charge on any atom is 0.416 e. The van der Waals surface area contributed by atoms with Gasteiger partial charge in [0.25, 0.3) is 0 Å². The van der Waals surface area contributed by atoms with Gasteiger partial charge in [-0.3, -0.25) is 5.10 Å². The standard InChI is InChI=1S/C11H7F3N3/c12-11(13,14)8-1-3-9(4-2-8)15-7-10-5-6-16-17-10/h1-6H,(H,16,17). The van der Waals surface area contributed by atoms with Gasteiger partial charge in [0.2, 0.25) is 0 Å². The van der Waals surface area contributed by atoms with E-state index >= 15 is 0 Å². The van der Waals surface area contributed by atoms with E-state index in [1.54, 1.807) is 12.3 Å². The van der Waals surface area contributed by atoms with Crippen molar-refractivity contribution >= 4 is 11.9 Å². The van der Waals surface area contributed by atoms with E-state index in [1.165, 1.54) is 12.1 Å². The fourth-order valence-corrected chi connectivity index (χ4v) is 1.17. The van der Waals surface area contributed by atoms with Crippen LogP contribution in [0.3, 0.4) is 0 Å². The first-order chi connectivity index (χ1) is 8.05. The first-order valence-electron chi connectivity index (χ1n) is 4.69. The summed E-state index contributed by atoms with van der Waals surface area (Å²) in [5.41, 5.74) is 0.183. The molecule has 1 aromatic heterocycles. The first-order valence-corrected chi connectivity index (χ1v) is 4.69. The van der Waals surface area contributed by atoms with Gasteiger partial charge < -0.3 is 0 Å². The molecule has 2 aromatic rings. The molecule has 0 saturated carbocycles. The molecule has 3 nitrogen and oxygen atoms in total. The molecule has 6 heteroatoms. The summed E-state index contributed by atoms with van der Waals surface area (Å²) in [5, 5.41) is 6.35. The Morgan fingerprint density at radius 3 is 2.35 bits per heavy atom. The average molecular weight is 238 g/mol. The van der Waals surface area contributed by atoms with Gasteiger partial charge in [-0.15, -0.1) is 0 Å². The maximum absolute atomic E-state index is 12.3. The van der Waals surface area contributed by atoms with Crippen molar-refractivity contribution in [3.05, 3.63) is 47.8 Å². The van der Waals surface area contributed by atoms with Gasteiger partial charge in [-0.25, -0.2) is 4.99 Å². The lowest BCUT2D eigenvalue weighted by atomic mass is 10.2. The number of aliphatic imine (C=N–C) groups is 1. The Labute approximate surface area is 95.0 Å². The van der Waals surface area contributed by atoms with Crippen molar-refractivity contribution in [3.8, 4) is 0 Å². The van der Waals surface area contributed by atoms with Gasteiger partial charge in [0.1, 0.15) is 11.9 Å². The van der Waals surface area contributed by atoms with E-state index in [0.717, 1.165) is 12.1 Å². The Balaban J connectivity index is 2.14. The number of hydrogen-bond donors (Lipinski definition) is 1. The smallest absolute Gasteiger partial charge is 0.285 e. The average Bonchev–Trinajstić information content (AvgIpc) is 2.78. The van der Waals surface area contributed by atoms with Crippen molar-refractivity contribution in [1.82, 2.24) is 10.2 Å². The molecule has 0 bridgehead atoms. The number of aromatic amines is 1. The van der Waals surface area contributed by atoms with Gasteiger partial charge in [0, 0.05) is 6.20 Å². The van der Waals surface area contributed by atoms with Crippen LogP contribution in [0.4, 0.5) is 18.9 Å². The summed E-state index contributed by atoms with van der Waals surface area (Å²) >= 11 is 0. The zero-order chi connectivity index (χ0) is 12.3. The van der Waals surface area contributed by atoms with Crippen LogP contribution < -0.4 is 0 Å². The van der Waals surface area contributed by atoms with Crippen LogP contribution in [0.5, 0.6) is 0 Å². The summed E-state index contributed by atoms with van der Waals surface area (Å²) < 4.78 is 36.8. The Morgan fingerprint density at radius 2 is 1.82 bits per heavy atom. The van der Waals surface area contributed by atoms with Crippen molar-refractivity contribution in [2.45, 2.75) is 6.18 Å². The fraction of sp³-hybridized carbons (Fsp3) is 0.0909. The highest BCUT2D eigenvalue weighted by molar-refractivity contribution is 5.79. The number of nitrogens with zero attached hydrogens (tertiary/aromatic N) is 2. The molecule has 1 N–H and O–H groups in total. The van der Waals surface area contributed by atoms with Crippen LogP contribution in [0.1, 0.15) is 11.3 Å². The molecule has 0 saturated heterocycles. The van der Waals surface area contributed by atoms with E-state index in [9.17, 15) is 13.2 Å². The maximum atomic E-state index is 12.3. The molecule has 0 unspecified atom stereocenters. The second kappa shape index (κ2) is 4.40. The zero-order valence-electron chi connectivity index (χ0n) is 8.49. The van der Waals surface area contributed by atoms with E-state index in [0.29, 0.717) is 11.4 Å². The quantitative estimate of drug-likeness (QED) is 0.802. The largest absolute Gasteiger partial charge is 0.416 e. The first kappa shape index (κ1) is 11.4. The van der Waals surface area contributed by atoms with Crippen LogP contribution in [0.15, 0.2) is 41.5 Å². The van der Waals surface area contributed by atoms with E-state index in [4.69, 9.17) is 0 Å². The molecule has 0 amide bonds. The minimum absolute atomic E-state index is 0.390. The lowest BCUT2D eigenvalue weighted by Crippen LogP contribution is -2.03. The molecule has 1 radical (unpaired) electrons. The molecule has 2 rings (SSSR count). The normalized spacial score (nSPS) is 12.2. The van der Waals surface area contributed by atoms with Gasteiger partial charge in [0.05, 0.1) is 11.3 Å². The minimum Gasteiger partial charge on any atom is -0.285 e. The third kappa shape index (κ3) is 2.93. The number of halogens is 3. The van der Waals surface area contributed by atoms with Crippen molar-refractivity contribution in [2.75, 3.05) is 0 Å². The summed E-state index contributed by atoms with van der Waals surface area (Å²) in [6, 6.07) is 6.16. The van der Waals surface area contributed by atoms with E-state index in [-0.39, 0.29) is 0 Å². The number of aromatic nitrogens is 2. The van der Waals surface area contributed by atoms with Crippen molar-refractivity contribution in [2.24, 2.45) is 4.99 Å². The minimum atomic E-state index is -4.33. The van der Waals surface area contributed by atoms with Gasteiger partial charge in [-0.2, -0.15) is 18.3 Å². The predicted octanol–water partition coefficient (Wildman–Crippen LogP) is 3.06. The van der Waals surface area contributed by atoms with Gasteiger partial charge >= 0.3 is 6.18 Å². The highest BCUT2D eigenvalue weighted by atomic mass is 19.4. The highest BCUT2D eigenvalue weighted by Crippen LogP contribution is 2.30. The second-order valence-electron chi connectivity index (χ2n) is 3.23. The Morgan fingerprint density at radius 1 is 1.12 bits per heavy atom. The van der Waals surface area contributed by atoms with Crippen molar-refractivity contribution < 1.29 is 13.2 Å². The summed E-state index contributed by atoms with van der Waals surface area (Å²) in [6.07, 6.45) is -0.123. The van der Waals surface area contributed by atoms with Crippen molar-refractivity contribution in [3.63, 3.8) is 0 Å². The monoisotopic (exact) mass is 238 g/mol. The van der Waals surface area contributed by atoms with E-state index < -0.39 is 11.7 Å². The fourth-order valence-electron chi connectivity index (χ4n) is 1.17. The Kier molecular flexibility index (Phi) is 2.95. The Bertz CT molecular complexity index is 498. The molecule has 0 aliphatic carbocycles. The summed E-state index contributed by atoms with van der Waals surface area (Å²) in [6.45, 7) is 0. The molecular formula is C11H7F3N3. The van der Waals surface area contributed by atoms with E-state index in [1.807, 2.05) is 0 Å². The van der Waals surface area contributed by atoms with Crippen LogP contribution in [0.25, 0.3) is 0 Å². The molecule has 17 heavy (non-hydrogen) atoms. The summed E-state index contributed by atoms with van der Waals surface area (Å²) in [7, 11) is 0. The number of benzene rings is 1. The topological polar surface area (TPSA) is 41.0 Å². The van der Waals surface area contributed by atoms with Gasteiger partial charge in [0.15, 0.2) is 0 Å². The van der Waals surface area contributed by atoms with Crippen LogP contribution >= 0.6 is 0 Å². The predicted molar refractivity (Wildman–Crippen MR) is 56.2 cm³/mol. The van der Waals surface area contributed by atoms with Gasteiger partial charge in [-0.05, 0) is 30.3 Å². The second-order valence-corrected chi connectivity index (χ2v) is 3.23. The third-order valence-corrected chi connectivity index (χ3v) is 1.99. The number of H-pyrrole nitrogens is 1. The molecule has 0 atom stereocenters. The molecule has 1 aromatic carbocycles. The zero-order valence-corrected chi connectivity index (χ0v) is 8.49. The third-order valence-electron chi connectivity index (χ3n) is 1.99. The number of alkyl halides is 3. The molecule has 87 valence electrons.